The highest BCUT2D eigenvalue weighted by Crippen LogP contribution is 2.20. The molecule has 30 heavy (non-hydrogen) atoms. The Morgan fingerprint density at radius 3 is 2.07 bits per heavy atom. The van der Waals surface area contributed by atoms with Crippen LogP contribution in [0.15, 0.2) is 48.5 Å². The molecule has 160 valence electrons. The molecule has 2 N–H and O–H groups in total. The van der Waals surface area contributed by atoms with Crippen LogP contribution < -0.4 is 15.5 Å². The van der Waals surface area contributed by atoms with Crippen molar-refractivity contribution in [3.8, 4) is 0 Å². The molecule has 0 bridgehead atoms. The lowest BCUT2D eigenvalue weighted by molar-refractivity contribution is -0.139. The molecule has 0 unspecified atom stereocenters. The van der Waals surface area contributed by atoms with Crippen molar-refractivity contribution in [3.63, 3.8) is 0 Å². The lowest BCUT2D eigenvalue weighted by Crippen LogP contribution is -2.40. The van der Waals surface area contributed by atoms with Gasteiger partial charge in [-0.3, -0.25) is 9.59 Å². The Morgan fingerprint density at radius 2 is 1.40 bits per heavy atom. The molecule has 3 rings (SSSR count). The third-order valence-corrected chi connectivity index (χ3v) is 5.41. The Kier molecular flexibility index (Phi) is 8.24. The summed E-state index contributed by atoms with van der Waals surface area (Å²) in [4.78, 5) is 26.2. The van der Waals surface area contributed by atoms with Crippen molar-refractivity contribution >= 4 is 17.5 Å². The molecule has 1 fully saturated rings. The molecule has 0 aromatic heterocycles. The van der Waals surface area contributed by atoms with Crippen LogP contribution in [0, 0.1) is 5.82 Å². The molecule has 0 radical (unpaired) electrons. The van der Waals surface area contributed by atoms with Gasteiger partial charge in [-0.15, -0.1) is 0 Å². The first-order valence-electron chi connectivity index (χ1n) is 10.8. The SMILES string of the molecule is O=C(NCCCc1ccc(N2CCCCCC2)cc1)C(=O)NCc1ccc(F)cc1. The second kappa shape index (κ2) is 11.3. The van der Waals surface area contributed by atoms with Crippen LogP contribution in [0.4, 0.5) is 10.1 Å². The molecule has 6 heteroatoms. The van der Waals surface area contributed by atoms with E-state index in [0.29, 0.717) is 6.54 Å². The van der Waals surface area contributed by atoms with Gasteiger partial charge in [0.05, 0.1) is 0 Å². The average Bonchev–Trinajstić information content (AvgIpc) is 3.06. The number of aryl methyl sites for hydroxylation is 1. The van der Waals surface area contributed by atoms with Crippen LogP contribution in [0.25, 0.3) is 0 Å². The van der Waals surface area contributed by atoms with Crippen molar-refractivity contribution in [1.29, 1.82) is 0 Å². The van der Waals surface area contributed by atoms with E-state index in [1.165, 1.54) is 49.1 Å². The minimum Gasteiger partial charge on any atom is -0.372 e. The van der Waals surface area contributed by atoms with Crippen molar-refractivity contribution in [3.05, 3.63) is 65.5 Å². The maximum absolute atomic E-state index is 12.9. The molecule has 0 spiro atoms. The van der Waals surface area contributed by atoms with E-state index in [9.17, 15) is 14.0 Å². The summed E-state index contributed by atoms with van der Waals surface area (Å²) in [5, 5.41) is 5.19. The first kappa shape index (κ1) is 21.8. The summed E-state index contributed by atoms with van der Waals surface area (Å²) in [6.07, 6.45) is 6.78. The van der Waals surface area contributed by atoms with Crippen molar-refractivity contribution in [2.45, 2.75) is 45.1 Å². The summed E-state index contributed by atoms with van der Waals surface area (Å²) in [5.74, 6) is -1.66. The standard InChI is InChI=1S/C24H30FN3O2/c25-21-11-7-20(8-12-21)18-27-24(30)23(29)26-15-5-6-19-9-13-22(14-10-19)28-16-3-1-2-4-17-28/h7-14H,1-6,15-18H2,(H,26,29)(H,27,30). The molecule has 1 heterocycles. The Balaban J connectivity index is 1.34. The monoisotopic (exact) mass is 411 g/mol. The van der Waals surface area contributed by atoms with Crippen LogP contribution in [0.5, 0.6) is 0 Å². The number of carbonyl (C=O) groups is 2. The van der Waals surface area contributed by atoms with Gasteiger partial charge in [-0.2, -0.15) is 0 Å². The molecule has 2 amide bonds. The lowest BCUT2D eigenvalue weighted by Gasteiger charge is -2.22. The first-order chi connectivity index (χ1) is 14.6. The molecular weight excluding hydrogens is 381 g/mol. The van der Waals surface area contributed by atoms with Crippen molar-refractivity contribution in [2.24, 2.45) is 0 Å². The van der Waals surface area contributed by atoms with Gasteiger partial charge in [0.1, 0.15) is 5.82 Å². The molecule has 1 saturated heterocycles. The van der Waals surface area contributed by atoms with Crippen LogP contribution in [0.3, 0.4) is 0 Å². The molecule has 0 saturated carbocycles. The fourth-order valence-corrected chi connectivity index (χ4v) is 3.64. The predicted molar refractivity (Wildman–Crippen MR) is 117 cm³/mol. The van der Waals surface area contributed by atoms with Crippen LogP contribution in [0.1, 0.15) is 43.2 Å². The number of hydrogen-bond donors (Lipinski definition) is 2. The number of carbonyl (C=O) groups excluding carboxylic acids is 2. The highest BCUT2D eigenvalue weighted by Gasteiger charge is 2.12. The second-order valence-corrected chi connectivity index (χ2v) is 7.74. The van der Waals surface area contributed by atoms with Crippen molar-refractivity contribution < 1.29 is 14.0 Å². The molecule has 2 aromatic carbocycles. The molecule has 1 aliphatic heterocycles. The molecule has 1 aliphatic rings. The van der Waals surface area contributed by atoms with E-state index < -0.39 is 11.8 Å². The maximum atomic E-state index is 12.9. The van der Waals surface area contributed by atoms with Gasteiger partial charge in [0.15, 0.2) is 0 Å². The zero-order valence-electron chi connectivity index (χ0n) is 17.3. The summed E-state index contributed by atoms with van der Waals surface area (Å²) in [5.41, 5.74) is 3.25. The van der Waals surface area contributed by atoms with Crippen LogP contribution >= 0.6 is 0 Å². The quantitative estimate of drug-likeness (QED) is 0.541. The van der Waals surface area contributed by atoms with Crippen molar-refractivity contribution in [1.82, 2.24) is 10.6 Å². The number of anilines is 1. The number of hydrogen-bond acceptors (Lipinski definition) is 3. The fourth-order valence-electron chi connectivity index (χ4n) is 3.64. The highest BCUT2D eigenvalue weighted by atomic mass is 19.1. The summed E-state index contributed by atoms with van der Waals surface area (Å²) >= 11 is 0. The predicted octanol–water partition coefficient (Wildman–Crippen LogP) is 3.57. The smallest absolute Gasteiger partial charge is 0.309 e. The van der Waals surface area contributed by atoms with Crippen LogP contribution in [0.2, 0.25) is 0 Å². The van der Waals surface area contributed by atoms with E-state index in [1.807, 2.05) is 0 Å². The Bertz CT molecular complexity index is 813. The first-order valence-corrected chi connectivity index (χ1v) is 10.8. The zero-order valence-corrected chi connectivity index (χ0v) is 17.3. The minimum absolute atomic E-state index is 0.190. The zero-order chi connectivity index (χ0) is 21.2. The largest absolute Gasteiger partial charge is 0.372 e. The normalized spacial score (nSPS) is 14.1. The van der Waals surface area contributed by atoms with E-state index in [0.717, 1.165) is 31.5 Å². The van der Waals surface area contributed by atoms with Gasteiger partial charge in [0.25, 0.3) is 0 Å². The molecule has 0 aliphatic carbocycles. The minimum atomic E-state index is -0.680. The Morgan fingerprint density at radius 1 is 0.800 bits per heavy atom. The van der Waals surface area contributed by atoms with Gasteiger partial charge >= 0.3 is 11.8 Å². The summed E-state index contributed by atoms with van der Waals surface area (Å²) in [7, 11) is 0. The van der Waals surface area contributed by atoms with E-state index >= 15 is 0 Å². The van der Waals surface area contributed by atoms with Gasteiger partial charge < -0.3 is 15.5 Å². The second-order valence-electron chi connectivity index (χ2n) is 7.74. The molecule has 5 nitrogen and oxygen atoms in total. The summed E-state index contributed by atoms with van der Waals surface area (Å²) in [6.45, 7) is 2.90. The van der Waals surface area contributed by atoms with Gasteiger partial charge in [-0.25, -0.2) is 4.39 Å². The van der Waals surface area contributed by atoms with Gasteiger partial charge in [-0.1, -0.05) is 37.1 Å². The lowest BCUT2D eigenvalue weighted by atomic mass is 10.1. The summed E-state index contributed by atoms with van der Waals surface area (Å²) in [6, 6.07) is 14.5. The molecular formula is C24H30FN3O2. The fraction of sp³-hybridized carbons (Fsp3) is 0.417. The van der Waals surface area contributed by atoms with Gasteiger partial charge in [0, 0.05) is 31.9 Å². The number of amides is 2. The van der Waals surface area contributed by atoms with Gasteiger partial charge in [-0.05, 0) is 61.1 Å². The van der Waals surface area contributed by atoms with E-state index in [2.05, 4.69) is 39.8 Å². The van der Waals surface area contributed by atoms with E-state index in [4.69, 9.17) is 0 Å². The number of rotatable bonds is 7. The topological polar surface area (TPSA) is 61.4 Å². The van der Waals surface area contributed by atoms with Gasteiger partial charge in [0.2, 0.25) is 0 Å². The highest BCUT2D eigenvalue weighted by molar-refractivity contribution is 6.35. The van der Waals surface area contributed by atoms with E-state index in [1.54, 1.807) is 12.1 Å². The van der Waals surface area contributed by atoms with Crippen LogP contribution in [-0.2, 0) is 22.6 Å². The Hall–Kier alpha value is -2.89. The molecule has 2 aromatic rings. The van der Waals surface area contributed by atoms with E-state index in [-0.39, 0.29) is 12.4 Å². The maximum Gasteiger partial charge on any atom is 0.309 e. The number of nitrogens with one attached hydrogen (secondary N) is 2. The number of halogens is 1. The third kappa shape index (κ3) is 6.87. The van der Waals surface area contributed by atoms with Crippen molar-refractivity contribution in [2.75, 3.05) is 24.5 Å². The average molecular weight is 412 g/mol. The number of nitrogens with zero attached hydrogens (tertiary/aromatic N) is 1. The third-order valence-electron chi connectivity index (χ3n) is 5.41. The molecule has 0 atom stereocenters. The summed E-state index contributed by atoms with van der Waals surface area (Å²) < 4.78 is 12.9. The Labute approximate surface area is 177 Å². The number of benzene rings is 2. The van der Waals surface area contributed by atoms with Crippen LogP contribution in [-0.4, -0.2) is 31.4 Å².